The molecule has 0 atom stereocenters. The first-order chi connectivity index (χ1) is 9.88. The highest BCUT2D eigenvalue weighted by Gasteiger charge is 2.19. The van der Waals surface area contributed by atoms with E-state index in [-0.39, 0.29) is 22.6 Å². The van der Waals surface area contributed by atoms with Gasteiger partial charge in [0.25, 0.3) is 0 Å². The van der Waals surface area contributed by atoms with E-state index < -0.39 is 22.4 Å². The SMILES string of the molecule is Cc1cc(Oc2ccc(C(=O)O)cc2)c([N+](=O)[O-])cc1F. The van der Waals surface area contributed by atoms with E-state index in [4.69, 9.17) is 9.84 Å². The number of nitro benzene ring substituents is 1. The van der Waals surface area contributed by atoms with Crippen molar-refractivity contribution in [1.82, 2.24) is 0 Å². The van der Waals surface area contributed by atoms with Crippen molar-refractivity contribution in [2.45, 2.75) is 6.92 Å². The molecule has 7 heteroatoms. The number of hydrogen-bond acceptors (Lipinski definition) is 4. The Morgan fingerprint density at radius 3 is 2.43 bits per heavy atom. The summed E-state index contributed by atoms with van der Waals surface area (Å²) in [5.74, 6) is -1.68. The zero-order valence-electron chi connectivity index (χ0n) is 10.9. The molecular weight excluding hydrogens is 281 g/mol. The lowest BCUT2D eigenvalue weighted by atomic mass is 10.2. The second-order valence-electron chi connectivity index (χ2n) is 4.26. The molecule has 0 aliphatic rings. The number of halogens is 1. The summed E-state index contributed by atoms with van der Waals surface area (Å²) in [4.78, 5) is 20.9. The zero-order valence-corrected chi connectivity index (χ0v) is 10.9. The van der Waals surface area contributed by atoms with E-state index in [1.165, 1.54) is 37.3 Å². The average molecular weight is 291 g/mol. The molecule has 2 rings (SSSR count). The topological polar surface area (TPSA) is 89.7 Å². The van der Waals surface area contributed by atoms with Gasteiger partial charge in [0.05, 0.1) is 16.6 Å². The molecule has 6 nitrogen and oxygen atoms in total. The average Bonchev–Trinajstić information content (AvgIpc) is 2.43. The summed E-state index contributed by atoms with van der Waals surface area (Å²) in [6.07, 6.45) is 0. The number of benzene rings is 2. The van der Waals surface area contributed by atoms with E-state index in [1.807, 2.05) is 0 Å². The Labute approximate surface area is 118 Å². The van der Waals surface area contributed by atoms with Crippen LogP contribution in [0.5, 0.6) is 11.5 Å². The maximum atomic E-state index is 13.4. The van der Waals surface area contributed by atoms with Gasteiger partial charge in [0.15, 0.2) is 0 Å². The molecule has 2 aromatic carbocycles. The monoisotopic (exact) mass is 291 g/mol. The zero-order chi connectivity index (χ0) is 15.6. The summed E-state index contributed by atoms with van der Waals surface area (Å²) in [6.45, 7) is 1.46. The highest BCUT2D eigenvalue weighted by atomic mass is 19.1. The van der Waals surface area contributed by atoms with Gasteiger partial charge in [0.2, 0.25) is 5.75 Å². The van der Waals surface area contributed by atoms with Crippen LogP contribution in [0, 0.1) is 22.9 Å². The Bertz CT molecular complexity index is 712. The minimum Gasteiger partial charge on any atom is -0.478 e. The van der Waals surface area contributed by atoms with Gasteiger partial charge >= 0.3 is 11.7 Å². The molecule has 0 amide bonds. The number of aromatic carboxylic acids is 1. The molecule has 0 aliphatic carbocycles. The first-order valence-corrected chi connectivity index (χ1v) is 5.84. The largest absolute Gasteiger partial charge is 0.478 e. The number of hydrogen-bond donors (Lipinski definition) is 1. The molecular formula is C14H10FNO5. The van der Waals surface area contributed by atoms with Crippen molar-refractivity contribution in [1.29, 1.82) is 0 Å². The van der Waals surface area contributed by atoms with E-state index in [1.54, 1.807) is 0 Å². The number of carboxylic acids is 1. The molecule has 0 aromatic heterocycles. The lowest BCUT2D eigenvalue weighted by molar-refractivity contribution is -0.385. The second-order valence-corrected chi connectivity index (χ2v) is 4.26. The molecule has 0 radical (unpaired) electrons. The van der Waals surface area contributed by atoms with Crippen molar-refractivity contribution < 1.29 is 24.0 Å². The summed E-state index contributed by atoms with van der Waals surface area (Å²) in [5, 5.41) is 19.7. The van der Waals surface area contributed by atoms with Gasteiger partial charge in [0, 0.05) is 0 Å². The van der Waals surface area contributed by atoms with Crippen LogP contribution in [-0.4, -0.2) is 16.0 Å². The fourth-order valence-corrected chi connectivity index (χ4v) is 1.66. The van der Waals surface area contributed by atoms with Crippen molar-refractivity contribution in [2.75, 3.05) is 0 Å². The standard InChI is InChI=1S/C14H10FNO5/c1-8-6-13(12(16(19)20)7-11(8)15)21-10-4-2-9(3-5-10)14(17)18/h2-7H,1H3,(H,17,18). The minimum atomic E-state index is -1.09. The van der Waals surface area contributed by atoms with Gasteiger partial charge in [-0.1, -0.05) is 0 Å². The number of nitro groups is 1. The summed E-state index contributed by atoms with van der Waals surface area (Å²) in [6, 6.07) is 7.35. The predicted octanol–water partition coefficient (Wildman–Crippen LogP) is 3.53. The molecule has 1 N–H and O–H groups in total. The molecule has 2 aromatic rings. The molecule has 0 unspecified atom stereocenters. The third-order valence-electron chi connectivity index (χ3n) is 2.77. The number of nitrogens with zero attached hydrogens (tertiary/aromatic N) is 1. The van der Waals surface area contributed by atoms with Crippen LogP contribution >= 0.6 is 0 Å². The third kappa shape index (κ3) is 3.14. The van der Waals surface area contributed by atoms with Gasteiger partial charge < -0.3 is 9.84 Å². The van der Waals surface area contributed by atoms with E-state index in [0.29, 0.717) is 0 Å². The van der Waals surface area contributed by atoms with Crippen molar-refractivity contribution in [3.05, 3.63) is 63.5 Å². The van der Waals surface area contributed by atoms with Crippen LogP contribution in [0.4, 0.5) is 10.1 Å². The number of carboxylic acid groups (broad SMARTS) is 1. The van der Waals surface area contributed by atoms with E-state index in [9.17, 15) is 19.3 Å². The predicted molar refractivity (Wildman–Crippen MR) is 71.3 cm³/mol. The Balaban J connectivity index is 2.36. The van der Waals surface area contributed by atoms with Crippen LogP contribution in [-0.2, 0) is 0 Å². The Hall–Kier alpha value is -2.96. The molecule has 108 valence electrons. The quantitative estimate of drug-likeness (QED) is 0.687. The Morgan fingerprint density at radius 2 is 1.90 bits per heavy atom. The molecule has 0 heterocycles. The van der Waals surface area contributed by atoms with Crippen molar-refractivity contribution in [3.8, 4) is 11.5 Å². The molecule has 0 bridgehead atoms. The normalized spacial score (nSPS) is 10.2. The van der Waals surface area contributed by atoms with Crippen LogP contribution in [0.15, 0.2) is 36.4 Å². The molecule has 0 fully saturated rings. The van der Waals surface area contributed by atoms with Gasteiger partial charge in [-0.3, -0.25) is 10.1 Å². The van der Waals surface area contributed by atoms with Crippen molar-refractivity contribution in [2.24, 2.45) is 0 Å². The lowest BCUT2D eigenvalue weighted by Crippen LogP contribution is -1.98. The minimum absolute atomic E-state index is 0.0622. The number of rotatable bonds is 4. The fraction of sp³-hybridized carbons (Fsp3) is 0.0714. The number of carbonyl (C=O) groups is 1. The smallest absolute Gasteiger partial charge is 0.335 e. The fourth-order valence-electron chi connectivity index (χ4n) is 1.66. The first kappa shape index (κ1) is 14.4. The van der Waals surface area contributed by atoms with E-state index in [0.717, 1.165) is 6.07 Å². The van der Waals surface area contributed by atoms with Crippen LogP contribution in [0.25, 0.3) is 0 Å². The molecule has 0 aliphatic heterocycles. The highest BCUT2D eigenvalue weighted by Crippen LogP contribution is 2.33. The molecule has 0 spiro atoms. The lowest BCUT2D eigenvalue weighted by Gasteiger charge is -2.08. The summed E-state index contributed by atoms with van der Waals surface area (Å²) in [7, 11) is 0. The van der Waals surface area contributed by atoms with Crippen LogP contribution in [0.2, 0.25) is 0 Å². The van der Waals surface area contributed by atoms with Gasteiger partial charge in [-0.15, -0.1) is 0 Å². The highest BCUT2D eigenvalue weighted by molar-refractivity contribution is 5.87. The summed E-state index contributed by atoms with van der Waals surface area (Å²) in [5.41, 5.74) is -0.231. The van der Waals surface area contributed by atoms with Gasteiger partial charge in [-0.2, -0.15) is 0 Å². The summed E-state index contributed by atoms with van der Waals surface area (Å²) < 4.78 is 18.7. The van der Waals surface area contributed by atoms with E-state index in [2.05, 4.69) is 0 Å². The van der Waals surface area contributed by atoms with E-state index >= 15 is 0 Å². The Kier molecular flexibility index (Phi) is 3.84. The first-order valence-electron chi connectivity index (χ1n) is 5.84. The maximum absolute atomic E-state index is 13.4. The van der Waals surface area contributed by atoms with Gasteiger partial charge in [-0.05, 0) is 42.8 Å². The van der Waals surface area contributed by atoms with Crippen LogP contribution in [0.3, 0.4) is 0 Å². The number of aryl methyl sites for hydroxylation is 1. The number of ether oxygens (including phenoxy) is 1. The third-order valence-corrected chi connectivity index (χ3v) is 2.77. The summed E-state index contributed by atoms with van der Waals surface area (Å²) >= 11 is 0. The van der Waals surface area contributed by atoms with Gasteiger partial charge in [0.1, 0.15) is 11.6 Å². The second kappa shape index (κ2) is 5.58. The maximum Gasteiger partial charge on any atom is 0.335 e. The van der Waals surface area contributed by atoms with Crippen LogP contribution in [0.1, 0.15) is 15.9 Å². The molecule has 0 saturated heterocycles. The van der Waals surface area contributed by atoms with Gasteiger partial charge in [-0.25, -0.2) is 9.18 Å². The molecule has 21 heavy (non-hydrogen) atoms. The Morgan fingerprint density at radius 1 is 1.29 bits per heavy atom. The molecule has 0 saturated carbocycles. The van der Waals surface area contributed by atoms with Crippen molar-refractivity contribution >= 4 is 11.7 Å². The van der Waals surface area contributed by atoms with Crippen LogP contribution < -0.4 is 4.74 Å². The van der Waals surface area contributed by atoms with Crippen molar-refractivity contribution in [3.63, 3.8) is 0 Å².